The molecule has 5 nitrogen and oxygen atoms in total. The van der Waals surface area contributed by atoms with Crippen LogP contribution in [0.4, 0.5) is 0 Å². The highest BCUT2D eigenvalue weighted by molar-refractivity contribution is 14.0. The third-order valence-electron chi connectivity index (χ3n) is 6.12. The lowest BCUT2D eigenvalue weighted by molar-refractivity contribution is 0.0203. The summed E-state index contributed by atoms with van der Waals surface area (Å²) in [7, 11) is 1.86. The molecule has 0 atom stereocenters. The third kappa shape index (κ3) is 7.99. The second-order valence-corrected chi connectivity index (χ2v) is 9.10. The lowest BCUT2D eigenvalue weighted by Crippen LogP contribution is -2.46. The van der Waals surface area contributed by atoms with Gasteiger partial charge < -0.3 is 20.1 Å². The average Bonchev–Trinajstić information content (AvgIpc) is 3.30. The van der Waals surface area contributed by atoms with Crippen molar-refractivity contribution >= 4 is 41.3 Å². The molecule has 2 aliphatic rings. The molecule has 2 heterocycles. The predicted molar refractivity (Wildman–Crippen MR) is 133 cm³/mol. The lowest BCUT2D eigenvalue weighted by Gasteiger charge is -2.37. The Kier molecular flexibility index (Phi) is 11.9. The van der Waals surface area contributed by atoms with Gasteiger partial charge in [-0.25, -0.2) is 0 Å². The minimum Gasteiger partial charge on any atom is -0.381 e. The van der Waals surface area contributed by atoms with Gasteiger partial charge in [0.1, 0.15) is 0 Å². The van der Waals surface area contributed by atoms with Gasteiger partial charge >= 0.3 is 0 Å². The van der Waals surface area contributed by atoms with E-state index in [0.29, 0.717) is 5.92 Å². The molecule has 1 aromatic heterocycles. The molecule has 0 radical (unpaired) electrons. The molecule has 1 aliphatic carbocycles. The Balaban J connectivity index is 0.00000300. The van der Waals surface area contributed by atoms with E-state index in [1.165, 1.54) is 37.0 Å². The molecule has 29 heavy (non-hydrogen) atoms. The first-order valence-corrected chi connectivity index (χ1v) is 11.8. The summed E-state index contributed by atoms with van der Waals surface area (Å²) in [6.45, 7) is 5.32. The molecular weight excluding hydrogens is 497 g/mol. The SMILES string of the molecule is CN=C(NCCCOCC1CCOCC1)NCC1(c2cccs2)CCCCC1.I. The second kappa shape index (κ2) is 13.8. The fraction of sp³-hybridized carbons (Fsp3) is 0.773. The van der Waals surface area contributed by atoms with Gasteiger partial charge in [0.2, 0.25) is 0 Å². The normalized spacial score (nSPS) is 20.1. The van der Waals surface area contributed by atoms with Gasteiger partial charge in [-0.2, -0.15) is 0 Å². The van der Waals surface area contributed by atoms with E-state index in [0.717, 1.165) is 64.7 Å². The highest BCUT2D eigenvalue weighted by Gasteiger charge is 2.34. The quantitative estimate of drug-likeness (QED) is 0.211. The van der Waals surface area contributed by atoms with Crippen LogP contribution >= 0.6 is 35.3 Å². The molecule has 2 N–H and O–H groups in total. The van der Waals surface area contributed by atoms with E-state index < -0.39 is 0 Å². The van der Waals surface area contributed by atoms with Crippen LogP contribution in [0.5, 0.6) is 0 Å². The van der Waals surface area contributed by atoms with Crippen LogP contribution in [-0.4, -0.2) is 52.5 Å². The zero-order valence-corrected chi connectivity index (χ0v) is 20.9. The van der Waals surface area contributed by atoms with E-state index in [-0.39, 0.29) is 29.4 Å². The summed E-state index contributed by atoms with van der Waals surface area (Å²) < 4.78 is 11.2. The lowest BCUT2D eigenvalue weighted by atomic mass is 9.73. The predicted octanol–water partition coefficient (Wildman–Crippen LogP) is 4.57. The van der Waals surface area contributed by atoms with Crippen molar-refractivity contribution < 1.29 is 9.47 Å². The zero-order chi connectivity index (χ0) is 19.5. The van der Waals surface area contributed by atoms with Crippen LogP contribution in [0, 0.1) is 5.92 Å². The molecule has 2 fully saturated rings. The number of hydrogen-bond acceptors (Lipinski definition) is 4. The van der Waals surface area contributed by atoms with Crippen LogP contribution in [0.15, 0.2) is 22.5 Å². The molecule has 166 valence electrons. The molecule has 1 saturated heterocycles. The van der Waals surface area contributed by atoms with E-state index in [1.807, 2.05) is 18.4 Å². The number of nitrogens with zero attached hydrogens (tertiary/aromatic N) is 1. The minimum absolute atomic E-state index is 0. The van der Waals surface area contributed by atoms with E-state index in [2.05, 4.69) is 33.1 Å². The molecule has 3 rings (SSSR count). The molecule has 1 aromatic rings. The van der Waals surface area contributed by atoms with Gasteiger partial charge in [0, 0.05) is 56.9 Å². The van der Waals surface area contributed by atoms with Gasteiger partial charge in [0.25, 0.3) is 0 Å². The molecular formula is C22H38IN3O2S. The molecule has 0 unspecified atom stereocenters. The fourth-order valence-electron chi connectivity index (χ4n) is 4.34. The van der Waals surface area contributed by atoms with E-state index in [1.54, 1.807) is 0 Å². The molecule has 0 bridgehead atoms. The van der Waals surface area contributed by atoms with Crippen LogP contribution in [0.25, 0.3) is 0 Å². The summed E-state index contributed by atoms with van der Waals surface area (Å²) >= 11 is 1.90. The molecule has 7 heteroatoms. The summed E-state index contributed by atoms with van der Waals surface area (Å²) in [5.74, 6) is 1.59. The maximum absolute atomic E-state index is 5.85. The van der Waals surface area contributed by atoms with Gasteiger partial charge in [-0.3, -0.25) is 4.99 Å². The van der Waals surface area contributed by atoms with Crippen LogP contribution in [-0.2, 0) is 14.9 Å². The number of aliphatic imine (C=N–C) groups is 1. The molecule has 0 aromatic carbocycles. The van der Waals surface area contributed by atoms with Gasteiger partial charge in [-0.15, -0.1) is 35.3 Å². The fourth-order valence-corrected chi connectivity index (χ4v) is 5.32. The Bertz CT molecular complexity index is 571. The highest BCUT2D eigenvalue weighted by Crippen LogP contribution is 2.41. The third-order valence-corrected chi connectivity index (χ3v) is 7.24. The maximum atomic E-state index is 5.85. The summed E-state index contributed by atoms with van der Waals surface area (Å²) in [5.41, 5.74) is 0.275. The van der Waals surface area contributed by atoms with Crippen LogP contribution < -0.4 is 10.6 Å². The van der Waals surface area contributed by atoms with Crippen molar-refractivity contribution in [2.24, 2.45) is 10.9 Å². The van der Waals surface area contributed by atoms with Crippen molar-refractivity contribution in [3.05, 3.63) is 22.4 Å². The number of ether oxygens (including phenoxy) is 2. The summed E-state index contributed by atoms with van der Waals surface area (Å²) in [6, 6.07) is 4.49. The van der Waals surface area contributed by atoms with Gasteiger partial charge in [-0.05, 0) is 49.5 Å². The summed E-state index contributed by atoms with van der Waals surface area (Å²) in [4.78, 5) is 5.94. The maximum Gasteiger partial charge on any atom is 0.191 e. The molecule has 1 aliphatic heterocycles. The Morgan fingerprint density at radius 1 is 1.24 bits per heavy atom. The van der Waals surface area contributed by atoms with Crippen molar-refractivity contribution in [2.75, 3.05) is 46.6 Å². The Labute approximate surface area is 197 Å². The number of rotatable bonds is 9. The van der Waals surface area contributed by atoms with Crippen molar-refractivity contribution in [2.45, 2.75) is 56.8 Å². The van der Waals surface area contributed by atoms with Crippen molar-refractivity contribution in [1.82, 2.24) is 10.6 Å². The molecule has 0 spiro atoms. The number of guanidine groups is 1. The first kappa shape index (κ1) is 24.9. The van der Waals surface area contributed by atoms with Crippen LogP contribution in [0.2, 0.25) is 0 Å². The average molecular weight is 536 g/mol. The Morgan fingerprint density at radius 3 is 2.72 bits per heavy atom. The summed E-state index contributed by atoms with van der Waals surface area (Å²) in [5, 5.41) is 9.26. The van der Waals surface area contributed by atoms with Crippen LogP contribution in [0.1, 0.15) is 56.2 Å². The smallest absolute Gasteiger partial charge is 0.191 e. The monoisotopic (exact) mass is 535 g/mol. The first-order valence-electron chi connectivity index (χ1n) is 11.0. The number of nitrogens with one attached hydrogen (secondary N) is 2. The Hall–Kier alpha value is -0.380. The topological polar surface area (TPSA) is 54.9 Å². The van der Waals surface area contributed by atoms with E-state index in [4.69, 9.17) is 9.47 Å². The van der Waals surface area contributed by atoms with Crippen LogP contribution in [0.3, 0.4) is 0 Å². The molecule has 0 amide bonds. The summed E-state index contributed by atoms with van der Waals surface area (Å²) in [6.07, 6.45) is 9.86. The van der Waals surface area contributed by atoms with Crippen molar-refractivity contribution in [3.8, 4) is 0 Å². The van der Waals surface area contributed by atoms with E-state index >= 15 is 0 Å². The largest absolute Gasteiger partial charge is 0.381 e. The van der Waals surface area contributed by atoms with Gasteiger partial charge in [0.05, 0.1) is 0 Å². The van der Waals surface area contributed by atoms with Gasteiger partial charge in [0.15, 0.2) is 5.96 Å². The second-order valence-electron chi connectivity index (χ2n) is 8.16. The van der Waals surface area contributed by atoms with E-state index in [9.17, 15) is 0 Å². The standard InChI is InChI=1S/C22H37N3O2S.HI/c1-23-21(24-12-6-13-27-17-19-8-14-26-15-9-19)25-18-22(10-3-2-4-11-22)20-7-5-16-28-20;/h5,7,16,19H,2-4,6,8-15,17-18H2,1H3,(H2,23,24,25);1H. The zero-order valence-electron chi connectivity index (χ0n) is 17.8. The highest BCUT2D eigenvalue weighted by atomic mass is 127. The van der Waals surface area contributed by atoms with Gasteiger partial charge in [-0.1, -0.05) is 25.3 Å². The Morgan fingerprint density at radius 2 is 2.03 bits per heavy atom. The minimum atomic E-state index is 0. The number of thiophene rings is 1. The molecule has 1 saturated carbocycles. The number of hydrogen-bond donors (Lipinski definition) is 2. The van der Waals surface area contributed by atoms with Crippen molar-refractivity contribution in [1.29, 1.82) is 0 Å². The van der Waals surface area contributed by atoms with Crippen molar-refractivity contribution in [3.63, 3.8) is 0 Å². The number of halogens is 1. The first-order chi connectivity index (χ1) is 13.8.